The first kappa shape index (κ1) is 29.3. The first-order valence-electron chi connectivity index (χ1n) is 14.8. The number of hydrogen-bond acceptors (Lipinski definition) is 3. The summed E-state index contributed by atoms with van der Waals surface area (Å²) in [7, 11) is -3.33. The summed E-state index contributed by atoms with van der Waals surface area (Å²) in [5.74, 6) is -5.27. The van der Waals surface area contributed by atoms with Crippen molar-refractivity contribution in [2.75, 3.05) is 0 Å². The Morgan fingerprint density at radius 1 is 0.391 bits per heavy atom. The van der Waals surface area contributed by atoms with Gasteiger partial charge in [0.15, 0.2) is 0 Å². The third-order valence-electron chi connectivity index (χ3n) is 8.57. The summed E-state index contributed by atoms with van der Waals surface area (Å²) in [6.07, 6.45) is 0. The lowest BCUT2D eigenvalue weighted by molar-refractivity contribution is -0.114. The van der Waals surface area contributed by atoms with E-state index in [2.05, 4.69) is 0 Å². The molecule has 6 aromatic rings. The van der Waals surface area contributed by atoms with Crippen LogP contribution in [-0.4, -0.2) is 23.0 Å². The van der Waals surface area contributed by atoms with E-state index in [1.54, 1.807) is 60.7 Å². The fourth-order valence-corrected chi connectivity index (χ4v) is 11.3. The minimum Gasteiger partial charge on any atom is -0.289 e. The van der Waals surface area contributed by atoms with E-state index in [1.807, 2.05) is 91.0 Å². The Morgan fingerprint density at radius 3 is 1.09 bits per heavy atom. The number of hydrogen-bond donors (Lipinski definition) is 0. The van der Waals surface area contributed by atoms with Crippen molar-refractivity contribution in [3.05, 3.63) is 174 Å². The molecule has 0 bridgehead atoms. The van der Waals surface area contributed by atoms with Crippen LogP contribution < -0.4 is 15.9 Å². The number of rotatable bonds is 6. The molecule has 6 aromatic carbocycles. The molecule has 1 aliphatic carbocycles. The van der Waals surface area contributed by atoms with Gasteiger partial charge in [0.1, 0.15) is 34.8 Å². The van der Waals surface area contributed by atoms with Gasteiger partial charge in [-0.1, -0.05) is 115 Å². The average Bonchev–Trinajstić information content (AvgIpc) is 3.11. The molecule has 0 N–H and O–H groups in total. The molecule has 1 aliphatic rings. The number of carbonyl (C=O) groups excluding carboxylic acids is 3. The van der Waals surface area contributed by atoms with Crippen LogP contribution in [0.3, 0.4) is 0 Å². The molecule has 1 unspecified atom stereocenters. The summed E-state index contributed by atoms with van der Waals surface area (Å²) < 4.78 is 34.1. The Kier molecular flexibility index (Phi) is 7.56. The van der Waals surface area contributed by atoms with Crippen molar-refractivity contribution in [3.8, 4) is 22.3 Å². The van der Waals surface area contributed by atoms with Gasteiger partial charge in [-0.2, -0.15) is 0 Å². The number of fused-ring (bicyclic) bond motifs is 1. The third-order valence-corrected chi connectivity index (χ3v) is 13.2. The zero-order valence-corrected chi connectivity index (χ0v) is 25.3. The predicted octanol–water partition coefficient (Wildman–Crippen LogP) is 7.61. The predicted molar refractivity (Wildman–Crippen MR) is 180 cm³/mol. The number of Topliss-reactive ketones (excluding diaryl/α,β-unsaturated/α-hetero) is 3. The quantitative estimate of drug-likeness (QED) is 0.109. The first-order valence-corrected chi connectivity index (χ1v) is 16.7. The van der Waals surface area contributed by atoms with Crippen molar-refractivity contribution >= 4 is 40.5 Å². The number of carbonyl (C=O) groups is 3. The molecular weight excluding hydrogens is 597 g/mol. The summed E-state index contributed by atoms with van der Waals surface area (Å²) in [6.45, 7) is 0. The molecule has 222 valence electrons. The van der Waals surface area contributed by atoms with Gasteiger partial charge in [-0.25, -0.2) is 8.78 Å². The van der Waals surface area contributed by atoms with Crippen LogP contribution >= 0.6 is 7.26 Å². The molecule has 1 atom stereocenters. The number of halogens is 2. The number of ketones is 3. The molecule has 3 nitrogen and oxygen atoms in total. The van der Waals surface area contributed by atoms with Gasteiger partial charge < -0.3 is 0 Å². The Bertz CT molecular complexity index is 2000. The van der Waals surface area contributed by atoms with Gasteiger partial charge in [0.2, 0.25) is 17.2 Å². The highest BCUT2D eigenvalue weighted by Crippen LogP contribution is 2.62. The molecule has 6 heteroatoms. The summed E-state index contributed by atoms with van der Waals surface area (Å²) in [5.41, 5.74) is -2.77. The van der Waals surface area contributed by atoms with Gasteiger partial charge in [-0.3, -0.25) is 14.4 Å². The molecular formula is C40H26F2O3P+. The zero-order valence-electron chi connectivity index (χ0n) is 24.4. The van der Waals surface area contributed by atoms with Crippen molar-refractivity contribution in [3.63, 3.8) is 0 Å². The minimum atomic E-state index is -3.33. The van der Waals surface area contributed by atoms with E-state index in [0.29, 0.717) is 27.0 Å². The Labute approximate surface area is 265 Å². The first-order chi connectivity index (χ1) is 22.5. The molecule has 0 aliphatic heterocycles. The van der Waals surface area contributed by atoms with Crippen LogP contribution in [0.5, 0.6) is 0 Å². The summed E-state index contributed by atoms with van der Waals surface area (Å²) >= 11 is 0. The van der Waals surface area contributed by atoms with Crippen LogP contribution in [0.15, 0.2) is 152 Å². The van der Waals surface area contributed by atoms with Crippen molar-refractivity contribution in [1.29, 1.82) is 0 Å². The highest BCUT2D eigenvalue weighted by Gasteiger charge is 2.63. The van der Waals surface area contributed by atoms with Crippen LogP contribution in [0.2, 0.25) is 0 Å². The molecule has 0 saturated carbocycles. The second-order valence-electron chi connectivity index (χ2n) is 11.0. The maximum atomic E-state index is 17.2. The van der Waals surface area contributed by atoms with E-state index in [1.165, 1.54) is 0 Å². The molecule has 0 heterocycles. The van der Waals surface area contributed by atoms with Gasteiger partial charge in [0.05, 0.1) is 11.1 Å². The highest BCUT2D eigenvalue weighted by atomic mass is 31.2. The standard InChI is InChI=1S/C40H26F2O3P/c41-35-31(26-16-6-1-7-17-26)32(27-18-8-2-9-19-27)36(42)34-33(35)37(43)39(45)40(38(34)44)46(28-20-10-3-11-21-28,29-22-12-4-13-23-29)30-24-14-5-15-25-30/h1-25,40H/q+1. The van der Waals surface area contributed by atoms with Gasteiger partial charge >= 0.3 is 0 Å². The Balaban J connectivity index is 1.59. The topological polar surface area (TPSA) is 51.2 Å². The maximum absolute atomic E-state index is 17.2. The smallest absolute Gasteiger partial charge is 0.252 e. The van der Waals surface area contributed by atoms with Crippen LogP contribution in [0.4, 0.5) is 8.78 Å². The van der Waals surface area contributed by atoms with Crippen molar-refractivity contribution in [2.45, 2.75) is 5.66 Å². The summed E-state index contributed by atoms with van der Waals surface area (Å²) in [5, 5.41) is 2.00. The average molecular weight is 624 g/mol. The Hall–Kier alpha value is -5.38. The van der Waals surface area contributed by atoms with E-state index in [-0.39, 0.29) is 11.1 Å². The third kappa shape index (κ3) is 4.47. The van der Waals surface area contributed by atoms with Crippen molar-refractivity contribution in [2.24, 2.45) is 0 Å². The van der Waals surface area contributed by atoms with E-state index in [4.69, 9.17) is 0 Å². The molecule has 0 amide bonds. The van der Waals surface area contributed by atoms with E-state index in [0.717, 1.165) is 0 Å². The largest absolute Gasteiger partial charge is 0.289 e. The van der Waals surface area contributed by atoms with Crippen molar-refractivity contribution < 1.29 is 23.2 Å². The van der Waals surface area contributed by atoms with Crippen molar-refractivity contribution in [1.82, 2.24) is 0 Å². The van der Waals surface area contributed by atoms with Gasteiger partial charge in [-0.05, 0) is 47.5 Å². The van der Waals surface area contributed by atoms with E-state index < -0.39 is 53.0 Å². The Morgan fingerprint density at radius 2 is 0.717 bits per heavy atom. The molecule has 0 aromatic heterocycles. The zero-order chi connectivity index (χ0) is 31.8. The lowest BCUT2D eigenvalue weighted by atomic mass is 9.81. The van der Waals surface area contributed by atoms with E-state index in [9.17, 15) is 14.4 Å². The molecule has 0 fully saturated rings. The molecule has 0 saturated heterocycles. The fraction of sp³-hybridized carbons (Fsp3) is 0.0250. The van der Waals surface area contributed by atoms with Crippen LogP contribution in [0.1, 0.15) is 20.7 Å². The molecule has 7 rings (SSSR count). The molecule has 0 spiro atoms. The van der Waals surface area contributed by atoms with Gasteiger partial charge in [-0.15, -0.1) is 0 Å². The summed E-state index contributed by atoms with van der Waals surface area (Å²) in [6, 6.07) is 44.0. The SMILES string of the molecule is O=C1C(=O)C([P+](c2ccccc2)(c2ccccc2)c2ccccc2)C(=O)c2c(F)c(-c3ccccc3)c(-c3ccccc3)c(F)c21. The molecule has 46 heavy (non-hydrogen) atoms. The van der Waals surface area contributed by atoms with Crippen LogP contribution in [0, 0.1) is 11.6 Å². The van der Waals surface area contributed by atoms with Crippen LogP contribution in [-0.2, 0) is 4.79 Å². The van der Waals surface area contributed by atoms with Gasteiger partial charge in [0, 0.05) is 11.1 Å². The minimum absolute atomic E-state index is 0.139. The second kappa shape index (κ2) is 11.8. The normalized spacial score (nSPS) is 14.7. The number of benzene rings is 6. The van der Waals surface area contributed by atoms with Crippen LogP contribution in [0.25, 0.3) is 22.3 Å². The summed E-state index contributed by atoms with van der Waals surface area (Å²) in [4.78, 5) is 43.7. The van der Waals surface area contributed by atoms with Gasteiger partial charge in [0.25, 0.3) is 5.78 Å². The maximum Gasteiger partial charge on any atom is 0.252 e. The monoisotopic (exact) mass is 623 g/mol. The fourth-order valence-electron chi connectivity index (χ4n) is 6.62. The second-order valence-corrected chi connectivity index (χ2v) is 14.6. The highest BCUT2D eigenvalue weighted by molar-refractivity contribution is 7.97. The lowest BCUT2D eigenvalue weighted by Crippen LogP contribution is -2.51. The van der Waals surface area contributed by atoms with E-state index >= 15 is 8.78 Å². The lowest BCUT2D eigenvalue weighted by Gasteiger charge is -2.35. The molecule has 0 radical (unpaired) electrons.